The minimum atomic E-state index is 0.563. The van der Waals surface area contributed by atoms with Crippen LogP contribution in [-0.2, 0) is 0 Å². The number of hydrogen-bond acceptors (Lipinski definition) is 3. The zero-order chi connectivity index (χ0) is 14.2. The summed E-state index contributed by atoms with van der Waals surface area (Å²) in [6.45, 7) is 0.563. The Bertz CT molecular complexity index is 564. The van der Waals surface area contributed by atoms with Crippen molar-refractivity contribution in [2.45, 2.75) is 0 Å². The van der Waals surface area contributed by atoms with Gasteiger partial charge in [-0.2, -0.15) is 0 Å². The zero-order valence-corrected chi connectivity index (χ0v) is 11.9. The number of para-hydroxylation sites is 2. The van der Waals surface area contributed by atoms with Crippen LogP contribution in [0.3, 0.4) is 0 Å². The summed E-state index contributed by atoms with van der Waals surface area (Å²) >= 11 is 0. The maximum absolute atomic E-state index is 4.57. The maximum atomic E-state index is 4.57. The number of aliphatic imine (C=N–C) groups is 1. The third-order valence-corrected chi connectivity index (χ3v) is 2.88. The van der Waals surface area contributed by atoms with Gasteiger partial charge in [-0.05, 0) is 31.3 Å². The Balaban J connectivity index is 2.33. The van der Waals surface area contributed by atoms with E-state index in [9.17, 15) is 0 Å². The van der Waals surface area contributed by atoms with Gasteiger partial charge in [0, 0.05) is 24.0 Å². The van der Waals surface area contributed by atoms with Gasteiger partial charge in [-0.1, -0.05) is 30.3 Å². The van der Waals surface area contributed by atoms with Crippen LogP contribution in [0.15, 0.2) is 59.6 Å². The van der Waals surface area contributed by atoms with Crippen molar-refractivity contribution in [1.29, 1.82) is 0 Å². The van der Waals surface area contributed by atoms with Crippen LogP contribution in [0.25, 0.3) is 0 Å². The molecule has 0 fully saturated rings. The Morgan fingerprint density at radius 3 is 2.35 bits per heavy atom. The van der Waals surface area contributed by atoms with Crippen molar-refractivity contribution in [3.63, 3.8) is 0 Å². The van der Waals surface area contributed by atoms with Gasteiger partial charge in [-0.15, -0.1) is 0 Å². The summed E-state index contributed by atoms with van der Waals surface area (Å²) in [4.78, 5) is 4.57. The molecule has 0 radical (unpaired) electrons. The Kier molecular flexibility index (Phi) is 5.15. The first kappa shape index (κ1) is 14.1. The summed E-state index contributed by atoms with van der Waals surface area (Å²) in [5.41, 5.74) is 3.12. The van der Waals surface area contributed by atoms with Gasteiger partial charge < -0.3 is 16.0 Å². The van der Waals surface area contributed by atoms with Crippen molar-refractivity contribution in [3.05, 3.63) is 60.2 Å². The van der Waals surface area contributed by atoms with Crippen LogP contribution >= 0.6 is 0 Å². The topological polar surface area (TPSA) is 48.5 Å². The quantitative estimate of drug-likeness (QED) is 0.577. The molecule has 0 aliphatic carbocycles. The van der Waals surface area contributed by atoms with E-state index < -0.39 is 0 Å². The highest BCUT2D eigenvalue weighted by Gasteiger charge is 2.08. The molecule has 3 N–H and O–H groups in total. The molecule has 4 nitrogen and oxygen atoms in total. The SMILES string of the molecule is CNC/N=C(/Nc1ccccc1)c1ccccc1NC. The summed E-state index contributed by atoms with van der Waals surface area (Å²) in [6, 6.07) is 18.2. The van der Waals surface area contributed by atoms with Crippen LogP contribution in [0.1, 0.15) is 5.56 Å². The first-order chi connectivity index (χ1) is 9.85. The van der Waals surface area contributed by atoms with Gasteiger partial charge in [0.05, 0.1) is 6.67 Å². The molecule has 0 aliphatic heterocycles. The van der Waals surface area contributed by atoms with E-state index in [4.69, 9.17) is 0 Å². The predicted octanol–water partition coefficient (Wildman–Crippen LogP) is 2.76. The molecule has 0 spiro atoms. The molecule has 0 atom stereocenters. The van der Waals surface area contributed by atoms with E-state index in [-0.39, 0.29) is 0 Å². The fourth-order valence-corrected chi connectivity index (χ4v) is 1.92. The van der Waals surface area contributed by atoms with Crippen LogP contribution in [0.2, 0.25) is 0 Å². The minimum absolute atomic E-state index is 0.563. The number of amidine groups is 1. The van der Waals surface area contributed by atoms with Crippen molar-refractivity contribution in [1.82, 2.24) is 5.32 Å². The van der Waals surface area contributed by atoms with Crippen LogP contribution in [0.4, 0.5) is 11.4 Å². The highest BCUT2D eigenvalue weighted by Crippen LogP contribution is 2.17. The minimum Gasteiger partial charge on any atom is -0.388 e. The molecular formula is C16H20N4. The van der Waals surface area contributed by atoms with Gasteiger partial charge in [0.25, 0.3) is 0 Å². The third-order valence-electron chi connectivity index (χ3n) is 2.88. The Hall–Kier alpha value is -2.33. The van der Waals surface area contributed by atoms with E-state index >= 15 is 0 Å². The highest BCUT2D eigenvalue weighted by atomic mass is 15.1. The molecule has 2 rings (SSSR count). The van der Waals surface area contributed by atoms with Crippen molar-refractivity contribution in [2.24, 2.45) is 4.99 Å². The van der Waals surface area contributed by atoms with Gasteiger partial charge >= 0.3 is 0 Å². The van der Waals surface area contributed by atoms with E-state index in [2.05, 4.69) is 27.0 Å². The lowest BCUT2D eigenvalue weighted by Gasteiger charge is -2.14. The summed E-state index contributed by atoms with van der Waals surface area (Å²) in [7, 11) is 3.80. The molecule has 104 valence electrons. The molecular weight excluding hydrogens is 248 g/mol. The Morgan fingerprint density at radius 1 is 0.950 bits per heavy atom. The molecule has 0 amide bonds. The van der Waals surface area contributed by atoms with Crippen molar-refractivity contribution in [3.8, 4) is 0 Å². The first-order valence-corrected chi connectivity index (χ1v) is 6.63. The van der Waals surface area contributed by atoms with Gasteiger partial charge in [-0.3, -0.25) is 4.99 Å². The lowest BCUT2D eigenvalue weighted by molar-refractivity contribution is 0.834. The molecule has 0 saturated carbocycles. The largest absolute Gasteiger partial charge is 0.388 e. The normalized spacial score (nSPS) is 11.2. The number of nitrogens with zero attached hydrogens (tertiary/aromatic N) is 1. The maximum Gasteiger partial charge on any atom is 0.136 e. The van der Waals surface area contributed by atoms with Gasteiger partial charge in [0.1, 0.15) is 5.84 Å². The molecule has 0 saturated heterocycles. The number of nitrogens with one attached hydrogen (secondary N) is 3. The first-order valence-electron chi connectivity index (χ1n) is 6.63. The molecule has 0 unspecified atom stereocenters. The second-order valence-electron chi connectivity index (χ2n) is 4.30. The molecule has 4 heteroatoms. The lowest BCUT2D eigenvalue weighted by Crippen LogP contribution is -2.18. The van der Waals surface area contributed by atoms with E-state index in [1.165, 1.54) is 0 Å². The lowest BCUT2D eigenvalue weighted by atomic mass is 10.1. The van der Waals surface area contributed by atoms with Gasteiger partial charge in [-0.25, -0.2) is 0 Å². The Labute approximate surface area is 119 Å². The number of rotatable bonds is 5. The standard InChI is InChI=1S/C16H20N4/c1-17-12-19-16(20-13-8-4-3-5-9-13)14-10-6-7-11-15(14)18-2/h3-11,17-18H,12H2,1-2H3,(H,19,20). The fraction of sp³-hybridized carbons (Fsp3) is 0.188. The third kappa shape index (κ3) is 3.59. The van der Waals surface area contributed by atoms with E-state index in [0.717, 1.165) is 22.8 Å². The molecule has 2 aromatic rings. The van der Waals surface area contributed by atoms with Crippen molar-refractivity contribution >= 4 is 17.2 Å². The van der Waals surface area contributed by atoms with Crippen molar-refractivity contribution in [2.75, 3.05) is 31.4 Å². The summed E-state index contributed by atoms with van der Waals surface area (Å²) in [5, 5.41) is 9.62. The van der Waals surface area contributed by atoms with Crippen molar-refractivity contribution < 1.29 is 0 Å². The van der Waals surface area contributed by atoms with E-state index in [1.54, 1.807) is 0 Å². The molecule has 0 bridgehead atoms. The monoisotopic (exact) mass is 268 g/mol. The fourth-order valence-electron chi connectivity index (χ4n) is 1.92. The van der Waals surface area contributed by atoms with E-state index in [1.807, 2.05) is 62.6 Å². The molecule has 20 heavy (non-hydrogen) atoms. The van der Waals surface area contributed by atoms with E-state index in [0.29, 0.717) is 6.67 Å². The molecule has 0 aliphatic rings. The zero-order valence-electron chi connectivity index (χ0n) is 11.9. The van der Waals surface area contributed by atoms with Gasteiger partial charge in [0.15, 0.2) is 0 Å². The Morgan fingerprint density at radius 2 is 1.65 bits per heavy atom. The average Bonchev–Trinajstić information content (AvgIpc) is 2.52. The van der Waals surface area contributed by atoms with Crippen LogP contribution in [0.5, 0.6) is 0 Å². The van der Waals surface area contributed by atoms with Gasteiger partial charge in [0.2, 0.25) is 0 Å². The smallest absolute Gasteiger partial charge is 0.136 e. The van der Waals surface area contributed by atoms with Crippen LogP contribution < -0.4 is 16.0 Å². The highest BCUT2D eigenvalue weighted by molar-refractivity contribution is 6.11. The number of anilines is 2. The summed E-state index contributed by atoms with van der Waals surface area (Å²) < 4.78 is 0. The number of hydrogen-bond donors (Lipinski definition) is 3. The molecule has 0 aromatic heterocycles. The molecule has 2 aromatic carbocycles. The summed E-state index contributed by atoms with van der Waals surface area (Å²) in [6.07, 6.45) is 0. The second-order valence-corrected chi connectivity index (χ2v) is 4.30. The number of benzene rings is 2. The van der Waals surface area contributed by atoms with Crippen LogP contribution in [0, 0.1) is 0 Å². The summed E-state index contributed by atoms with van der Waals surface area (Å²) in [5.74, 6) is 0.843. The molecule has 0 heterocycles. The average molecular weight is 268 g/mol. The van der Waals surface area contributed by atoms with Crippen LogP contribution in [-0.4, -0.2) is 26.6 Å². The predicted molar refractivity (Wildman–Crippen MR) is 86.5 cm³/mol. The second kappa shape index (κ2) is 7.31.